The van der Waals surface area contributed by atoms with Crippen LogP contribution in [0.2, 0.25) is 0 Å². The maximum atomic E-state index is 11.0. The quantitative estimate of drug-likeness (QED) is 0.418. The van der Waals surface area contributed by atoms with E-state index >= 15 is 0 Å². The van der Waals surface area contributed by atoms with Gasteiger partial charge in [0.25, 0.3) is 0 Å². The highest BCUT2D eigenvalue weighted by molar-refractivity contribution is 5.75. The molecule has 1 unspecified atom stereocenters. The molecule has 0 bridgehead atoms. The molecule has 1 heterocycles. The molecule has 3 N–H and O–H groups in total. The Morgan fingerprint density at radius 2 is 2.36 bits per heavy atom. The molecule has 0 aliphatic heterocycles. The van der Waals surface area contributed by atoms with Crippen molar-refractivity contribution in [1.82, 2.24) is 15.0 Å². The zero-order chi connectivity index (χ0) is 10.7. The number of carbonyl (C=O) groups excluding carboxylic acids is 1. The minimum atomic E-state index is -0.164. The lowest BCUT2D eigenvalue weighted by Crippen LogP contribution is -2.31. The van der Waals surface area contributed by atoms with Crippen LogP contribution in [-0.2, 0) is 4.79 Å². The summed E-state index contributed by atoms with van der Waals surface area (Å²) in [6.45, 7) is 5.89. The molecule has 1 rings (SSSR count). The lowest BCUT2D eigenvalue weighted by Gasteiger charge is -2.14. The van der Waals surface area contributed by atoms with Gasteiger partial charge in [-0.1, -0.05) is 0 Å². The lowest BCUT2D eigenvalue weighted by molar-refractivity contribution is -0.121. The monoisotopic (exact) mass is 196 g/mol. The molecular weight excluding hydrogens is 180 g/mol. The summed E-state index contributed by atoms with van der Waals surface area (Å²) >= 11 is 0. The first kappa shape index (κ1) is 10.7. The summed E-state index contributed by atoms with van der Waals surface area (Å²) in [5.74, 6) is 4.85. The van der Waals surface area contributed by atoms with Crippen LogP contribution in [0, 0.1) is 13.8 Å². The molecule has 0 saturated carbocycles. The van der Waals surface area contributed by atoms with E-state index in [2.05, 4.69) is 10.4 Å². The van der Waals surface area contributed by atoms with E-state index < -0.39 is 0 Å². The van der Waals surface area contributed by atoms with Gasteiger partial charge in [-0.2, -0.15) is 0 Å². The van der Waals surface area contributed by atoms with Gasteiger partial charge in [-0.05, 0) is 20.8 Å². The van der Waals surface area contributed by atoms with Crippen LogP contribution in [0.15, 0.2) is 6.33 Å². The van der Waals surface area contributed by atoms with Gasteiger partial charge in [-0.3, -0.25) is 10.2 Å². The Morgan fingerprint density at radius 1 is 1.71 bits per heavy atom. The van der Waals surface area contributed by atoms with E-state index in [1.807, 2.05) is 25.3 Å². The number of hydrazine groups is 1. The summed E-state index contributed by atoms with van der Waals surface area (Å²) in [5.41, 5.74) is 4.20. The Kier molecular flexibility index (Phi) is 3.24. The van der Waals surface area contributed by atoms with Crippen molar-refractivity contribution in [3.8, 4) is 0 Å². The summed E-state index contributed by atoms with van der Waals surface area (Å²) in [6.07, 6.45) is 2.12. The Morgan fingerprint density at radius 3 is 2.79 bits per heavy atom. The van der Waals surface area contributed by atoms with Gasteiger partial charge in [0.15, 0.2) is 0 Å². The zero-order valence-corrected chi connectivity index (χ0v) is 8.74. The predicted molar refractivity (Wildman–Crippen MR) is 53.4 cm³/mol. The zero-order valence-electron chi connectivity index (χ0n) is 8.74. The Labute approximate surface area is 83.3 Å². The summed E-state index contributed by atoms with van der Waals surface area (Å²) in [6, 6.07) is 0.0831. The van der Waals surface area contributed by atoms with Crippen molar-refractivity contribution in [3.05, 3.63) is 17.7 Å². The number of carbonyl (C=O) groups is 1. The molecule has 78 valence electrons. The van der Waals surface area contributed by atoms with Crippen molar-refractivity contribution in [3.63, 3.8) is 0 Å². The number of nitrogens with zero attached hydrogens (tertiary/aromatic N) is 2. The van der Waals surface area contributed by atoms with E-state index in [1.165, 1.54) is 0 Å². The summed E-state index contributed by atoms with van der Waals surface area (Å²) in [7, 11) is 0. The van der Waals surface area contributed by atoms with Crippen molar-refractivity contribution in [2.45, 2.75) is 33.2 Å². The number of amides is 1. The largest absolute Gasteiger partial charge is 0.331 e. The normalized spacial score (nSPS) is 12.6. The number of imidazole rings is 1. The molecule has 0 spiro atoms. The number of aryl methyl sites for hydroxylation is 1. The summed E-state index contributed by atoms with van der Waals surface area (Å²) < 4.78 is 1.98. The summed E-state index contributed by atoms with van der Waals surface area (Å²) in [4.78, 5) is 15.2. The Balaban J connectivity index is 2.74. The van der Waals surface area contributed by atoms with Crippen LogP contribution in [-0.4, -0.2) is 15.5 Å². The second kappa shape index (κ2) is 4.23. The molecule has 5 nitrogen and oxygen atoms in total. The van der Waals surface area contributed by atoms with Crippen molar-refractivity contribution < 1.29 is 4.79 Å². The average molecular weight is 196 g/mol. The topological polar surface area (TPSA) is 72.9 Å². The number of nitrogens with two attached hydrogens (primary N) is 1. The van der Waals surface area contributed by atoms with Crippen LogP contribution in [0.5, 0.6) is 0 Å². The van der Waals surface area contributed by atoms with Crippen LogP contribution in [0.4, 0.5) is 0 Å². The fourth-order valence-corrected chi connectivity index (χ4v) is 1.39. The average Bonchev–Trinajstić information content (AvgIpc) is 2.47. The molecule has 0 saturated heterocycles. The van der Waals surface area contributed by atoms with E-state index in [1.54, 1.807) is 6.33 Å². The Hall–Kier alpha value is -1.36. The van der Waals surface area contributed by atoms with Crippen LogP contribution in [0.3, 0.4) is 0 Å². The highest BCUT2D eigenvalue weighted by atomic mass is 16.2. The number of rotatable bonds is 3. The molecule has 0 radical (unpaired) electrons. The Bertz CT molecular complexity index is 332. The molecule has 0 aromatic carbocycles. The van der Waals surface area contributed by atoms with Gasteiger partial charge in [0.05, 0.1) is 12.0 Å². The van der Waals surface area contributed by atoms with Gasteiger partial charge in [0.2, 0.25) is 5.91 Å². The highest BCUT2D eigenvalue weighted by Crippen LogP contribution is 2.15. The van der Waals surface area contributed by atoms with Gasteiger partial charge in [-0.25, -0.2) is 10.8 Å². The number of hydrogen-bond acceptors (Lipinski definition) is 3. The smallest absolute Gasteiger partial charge is 0.235 e. The second-order valence-electron chi connectivity index (χ2n) is 3.44. The lowest BCUT2D eigenvalue weighted by atomic mass is 10.2. The maximum Gasteiger partial charge on any atom is 0.235 e. The van der Waals surface area contributed by atoms with Crippen LogP contribution >= 0.6 is 0 Å². The molecule has 1 atom stereocenters. The van der Waals surface area contributed by atoms with E-state index in [9.17, 15) is 4.79 Å². The van der Waals surface area contributed by atoms with Crippen molar-refractivity contribution >= 4 is 5.91 Å². The van der Waals surface area contributed by atoms with Crippen molar-refractivity contribution in [2.24, 2.45) is 5.84 Å². The van der Waals surface area contributed by atoms with Gasteiger partial charge in [-0.15, -0.1) is 0 Å². The molecule has 0 aliphatic rings. The second-order valence-corrected chi connectivity index (χ2v) is 3.44. The highest BCUT2D eigenvalue weighted by Gasteiger charge is 2.12. The molecule has 14 heavy (non-hydrogen) atoms. The molecule has 5 heteroatoms. The fourth-order valence-electron chi connectivity index (χ4n) is 1.39. The van der Waals surface area contributed by atoms with Crippen LogP contribution in [0.25, 0.3) is 0 Å². The first-order valence-electron chi connectivity index (χ1n) is 4.55. The standard InChI is InChI=1S/C9H16N4O/c1-6(4-9(14)12-10)13-5-11-7(2)8(13)3/h5-6H,4,10H2,1-3H3,(H,12,14). The molecule has 1 aromatic rings. The third-order valence-electron chi connectivity index (χ3n) is 2.40. The predicted octanol–water partition coefficient (Wildman–Crippen LogP) is 0.441. The minimum Gasteiger partial charge on any atom is -0.331 e. The van der Waals surface area contributed by atoms with Crippen LogP contribution < -0.4 is 11.3 Å². The molecular formula is C9H16N4O. The number of nitrogens with one attached hydrogen (secondary N) is 1. The number of hydrogen-bond donors (Lipinski definition) is 2. The van der Waals surface area contributed by atoms with E-state index in [-0.39, 0.29) is 11.9 Å². The van der Waals surface area contributed by atoms with Crippen LogP contribution in [0.1, 0.15) is 30.8 Å². The van der Waals surface area contributed by atoms with Gasteiger partial charge < -0.3 is 4.57 Å². The molecule has 0 fully saturated rings. The van der Waals surface area contributed by atoms with Crippen molar-refractivity contribution in [2.75, 3.05) is 0 Å². The molecule has 1 aromatic heterocycles. The van der Waals surface area contributed by atoms with E-state index in [4.69, 9.17) is 5.84 Å². The van der Waals surface area contributed by atoms with E-state index in [0.717, 1.165) is 11.4 Å². The molecule has 0 aliphatic carbocycles. The third-order valence-corrected chi connectivity index (χ3v) is 2.40. The van der Waals surface area contributed by atoms with Gasteiger partial charge in [0.1, 0.15) is 0 Å². The van der Waals surface area contributed by atoms with E-state index in [0.29, 0.717) is 6.42 Å². The van der Waals surface area contributed by atoms with Gasteiger partial charge in [0, 0.05) is 18.2 Å². The fraction of sp³-hybridized carbons (Fsp3) is 0.556. The number of aromatic nitrogens is 2. The maximum absolute atomic E-state index is 11.0. The minimum absolute atomic E-state index is 0.0831. The first-order valence-corrected chi connectivity index (χ1v) is 4.55. The SMILES string of the molecule is Cc1ncn(C(C)CC(=O)NN)c1C. The third kappa shape index (κ3) is 2.11. The first-order chi connectivity index (χ1) is 6.56. The summed E-state index contributed by atoms with van der Waals surface area (Å²) in [5, 5.41) is 0. The molecule has 1 amide bonds. The van der Waals surface area contributed by atoms with Gasteiger partial charge >= 0.3 is 0 Å². The van der Waals surface area contributed by atoms with Crippen molar-refractivity contribution in [1.29, 1.82) is 0 Å².